The van der Waals surface area contributed by atoms with Gasteiger partial charge in [0.15, 0.2) is 6.29 Å². The van der Waals surface area contributed by atoms with Crippen LogP contribution < -0.4 is 0 Å². The Hall–Kier alpha value is -1.90. The van der Waals surface area contributed by atoms with Gasteiger partial charge in [-0.1, -0.05) is 30.3 Å². The van der Waals surface area contributed by atoms with E-state index in [9.17, 15) is 4.79 Å². The van der Waals surface area contributed by atoms with Crippen molar-refractivity contribution in [2.24, 2.45) is 0 Å². The van der Waals surface area contributed by atoms with E-state index in [0.29, 0.717) is 6.42 Å². The van der Waals surface area contributed by atoms with E-state index in [1.165, 1.54) is 0 Å². The minimum absolute atomic E-state index is 0.0748. The van der Waals surface area contributed by atoms with Crippen molar-refractivity contribution in [1.82, 2.24) is 0 Å². The molecule has 1 heterocycles. The van der Waals surface area contributed by atoms with Crippen LogP contribution in [0, 0.1) is 11.3 Å². The Balaban J connectivity index is 2.10. The fourth-order valence-corrected chi connectivity index (χ4v) is 2.11. The lowest BCUT2D eigenvalue weighted by Gasteiger charge is -2.34. The van der Waals surface area contributed by atoms with Gasteiger partial charge in [-0.2, -0.15) is 5.26 Å². The molecule has 1 aromatic carbocycles. The number of carboxylic acids is 1. The largest absolute Gasteiger partial charge is 0.481 e. The summed E-state index contributed by atoms with van der Waals surface area (Å²) in [6.07, 6.45) is -0.707. The number of rotatable bonds is 4. The van der Waals surface area contributed by atoms with Gasteiger partial charge in [-0.25, -0.2) is 0 Å². The number of aliphatic carboxylic acids is 1. The highest BCUT2D eigenvalue weighted by molar-refractivity contribution is 5.67. The number of ether oxygens (including phenoxy) is 2. The summed E-state index contributed by atoms with van der Waals surface area (Å²) in [5, 5.41) is 17.6. The highest BCUT2D eigenvalue weighted by atomic mass is 16.7. The maximum absolute atomic E-state index is 10.8. The topological polar surface area (TPSA) is 79.6 Å². The highest BCUT2D eigenvalue weighted by Gasteiger charge is 2.32. The number of nitrogens with zero attached hydrogens (tertiary/aromatic N) is 1. The smallest absolute Gasteiger partial charge is 0.305 e. The van der Waals surface area contributed by atoms with Crippen LogP contribution in [-0.2, 0) is 14.3 Å². The van der Waals surface area contributed by atoms with Crippen LogP contribution in [0.25, 0.3) is 0 Å². The van der Waals surface area contributed by atoms with Gasteiger partial charge >= 0.3 is 5.97 Å². The van der Waals surface area contributed by atoms with E-state index in [2.05, 4.69) is 6.07 Å². The molecular formula is C14H15NO4. The van der Waals surface area contributed by atoms with Crippen LogP contribution in [0.5, 0.6) is 0 Å². The molecule has 0 amide bonds. The molecule has 0 aromatic heterocycles. The van der Waals surface area contributed by atoms with Crippen LogP contribution in [-0.4, -0.2) is 23.3 Å². The van der Waals surface area contributed by atoms with Crippen molar-refractivity contribution in [1.29, 1.82) is 5.26 Å². The molecule has 1 fully saturated rings. The maximum atomic E-state index is 10.8. The molecule has 3 unspecified atom stereocenters. The van der Waals surface area contributed by atoms with Crippen LogP contribution >= 0.6 is 0 Å². The molecule has 0 bridgehead atoms. The lowest BCUT2D eigenvalue weighted by Crippen LogP contribution is -2.34. The van der Waals surface area contributed by atoms with Gasteiger partial charge in [-0.15, -0.1) is 0 Å². The van der Waals surface area contributed by atoms with Crippen LogP contribution in [0.1, 0.15) is 31.1 Å². The van der Waals surface area contributed by atoms with Crippen LogP contribution in [0.4, 0.5) is 0 Å². The summed E-state index contributed by atoms with van der Waals surface area (Å²) >= 11 is 0. The Morgan fingerprint density at radius 1 is 1.32 bits per heavy atom. The van der Waals surface area contributed by atoms with Gasteiger partial charge in [-0.05, 0) is 0 Å². The van der Waals surface area contributed by atoms with Crippen molar-refractivity contribution in [3.05, 3.63) is 35.9 Å². The van der Waals surface area contributed by atoms with E-state index in [1.807, 2.05) is 30.3 Å². The van der Waals surface area contributed by atoms with Crippen LogP contribution in [0.15, 0.2) is 30.3 Å². The first-order valence-corrected chi connectivity index (χ1v) is 6.13. The molecule has 0 radical (unpaired) electrons. The first-order chi connectivity index (χ1) is 9.19. The predicted molar refractivity (Wildman–Crippen MR) is 66.0 cm³/mol. The summed E-state index contributed by atoms with van der Waals surface area (Å²) in [7, 11) is 0. The Morgan fingerprint density at radius 2 is 2.00 bits per heavy atom. The molecule has 1 aliphatic rings. The number of nitriles is 1. The fraction of sp³-hybridized carbons (Fsp3) is 0.429. The van der Waals surface area contributed by atoms with Gasteiger partial charge in [0.25, 0.3) is 0 Å². The SMILES string of the molecule is N#CCC1CC(CC(=O)O)OC(c2ccccc2)O1. The highest BCUT2D eigenvalue weighted by Crippen LogP contribution is 2.32. The van der Waals surface area contributed by atoms with E-state index >= 15 is 0 Å². The van der Waals surface area contributed by atoms with Crippen LogP contribution in [0.2, 0.25) is 0 Å². The number of carboxylic acid groups (broad SMARTS) is 1. The second kappa shape index (κ2) is 6.32. The fourth-order valence-electron chi connectivity index (χ4n) is 2.11. The summed E-state index contributed by atoms with van der Waals surface area (Å²) in [6, 6.07) is 11.4. The number of hydrogen-bond acceptors (Lipinski definition) is 4. The summed E-state index contributed by atoms with van der Waals surface area (Å²) in [5.41, 5.74) is 0.834. The van der Waals surface area contributed by atoms with Crippen LogP contribution in [0.3, 0.4) is 0 Å². The monoisotopic (exact) mass is 261 g/mol. The second-order valence-electron chi connectivity index (χ2n) is 4.45. The predicted octanol–water partition coefficient (Wildman–Crippen LogP) is 2.25. The molecule has 0 aliphatic carbocycles. The maximum Gasteiger partial charge on any atom is 0.305 e. The van der Waals surface area contributed by atoms with E-state index in [1.54, 1.807) is 0 Å². The minimum Gasteiger partial charge on any atom is -0.481 e. The number of hydrogen-bond donors (Lipinski definition) is 1. The van der Waals surface area contributed by atoms with E-state index in [-0.39, 0.29) is 18.9 Å². The normalized spacial score (nSPS) is 26.6. The third kappa shape index (κ3) is 3.78. The van der Waals surface area contributed by atoms with Gasteiger partial charge < -0.3 is 14.6 Å². The molecule has 2 rings (SSSR count). The first-order valence-electron chi connectivity index (χ1n) is 6.13. The summed E-state index contributed by atoms with van der Waals surface area (Å²) in [4.78, 5) is 10.8. The zero-order valence-corrected chi connectivity index (χ0v) is 10.4. The van der Waals surface area contributed by atoms with Crippen molar-refractivity contribution < 1.29 is 19.4 Å². The molecule has 1 N–H and O–H groups in total. The van der Waals surface area contributed by atoms with Crippen molar-refractivity contribution in [3.63, 3.8) is 0 Å². The number of carbonyl (C=O) groups is 1. The molecule has 100 valence electrons. The summed E-state index contributed by atoms with van der Waals surface area (Å²) in [5.74, 6) is -0.908. The summed E-state index contributed by atoms with van der Waals surface area (Å²) < 4.78 is 11.3. The van der Waals surface area contributed by atoms with Gasteiger partial charge in [-0.3, -0.25) is 4.79 Å². The molecule has 0 saturated carbocycles. The van der Waals surface area contributed by atoms with Gasteiger partial charge in [0.2, 0.25) is 0 Å². The standard InChI is InChI=1S/C14H15NO4/c15-7-6-11-8-12(9-13(16)17)19-14(18-11)10-4-2-1-3-5-10/h1-5,11-12,14H,6,8-9H2,(H,16,17). The van der Waals surface area contributed by atoms with E-state index in [0.717, 1.165) is 5.56 Å². The van der Waals surface area contributed by atoms with Crippen molar-refractivity contribution in [2.75, 3.05) is 0 Å². The first kappa shape index (κ1) is 13.5. The molecular weight excluding hydrogens is 246 g/mol. The Morgan fingerprint density at radius 3 is 2.63 bits per heavy atom. The lowest BCUT2D eigenvalue weighted by atomic mass is 10.0. The number of benzene rings is 1. The van der Waals surface area contributed by atoms with E-state index < -0.39 is 18.4 Å². The summed E-state index contributed by atoms with van der Waals surface area (Å²) in [6.45, 7) is 0. The molecule has 1 aromatic rings. The van der Waals surface area contributed by atoms with Crippen molar-refractivity contribution in [2.45, 2.75) is 37.8 Å². The van der Waals surface area contributed by atoms with E-state index in [4.69, 9.17) is 19.8 Å². The second-order valence-corrected chi connectivity index (χ2v) is 4.45. The average molecular weight is 261 g/mol. The molecule has 0 spiro atoms. The molecule has 3 atom stereocenters. The Labute approximate surface area is 111 Å². The third-order valence-corrected chi connectivity index (χ3v) is 2.95. The molecule has 1 saturated heterocycles. The third-order valence-electron chi connectivity index (χ3n) is 2.95. The van der Waals surface area contributed by atoms with Crippen molar-refractivity contribution >= 4 is 5.97 Å². The van der Waals surface area contributed by atoms with Gasteiger partial charge in [0, 0.05) is 12.0 Å². The van der Waals surface area contributed by atoms with Crippen molar-refractivity contribution in [3.8, 4) is 6.07 Å². The molecule has 1 aliphatic heterocycles. The quantitative estimate of drug-likeness (QED) is 0.899. The minimum atomic E-state index is -0.908. The Kier molecular flexibility index (Phi) is 4.50. The lowest BCUT2D eigenvalue weighted by molar-refractivity contribution is -0.247. The molecule has 5 heteroatoms. The molecule has 19 heavy (non-hydrogen) atoms. The zero-order chi connectivity index (χ0) is 13.7. The average Bonchev–Trinajstić information content (AvgIpc) is 2.39. The Bertz CT molecular complexity index is 468. The van der Waals surface area contributed by atoms with Gasteiger partial charge in [0.05, 0.1) is 31.1 Å². The van der Waals surface area contributed by atoms with Gasteiger partial charge in [0.1, 0.15) is 0 Å². The zero-order valence-electron chi connectivity index (χ0n) is 10.4. The molecule has 5 nitrogen and oxygen atoms in total.